The van der Waals surface area contributed by atoms with Gasteiger partial charge in [0.2, 0.25) is 0 Å². The summed E-state index contributed by atoms with van der Waals surface area (Å²) in [6.45, 7) is 0. The number of halogens is 3. The van der Waals surface area contributed by atoms with Crippen molar-refractivity contribution in [1.82, 2.24) is 0 Å². The van der Waals surface area contributed by atoms with E-state index in [2.05, 4.69) is 0 Å². The van der Waals surface area contributed by atoms with Crippen LogP contribution in [-0.2, 0) is 0 Å². The summed E-state index contributed by atoms with van der Waals surface area (Å²) in [5, 5.41) is 0. The van der Waals surface area contributed by atoms with Crippen molar-refractivity contribution in [2.24, 2.45) is 0 Å². The van der Waals surface area contributed by atoms with Gasteiger partial charge in [0, 0.05) is 49.4 Å². The van der Waals surface area contributed by atoms with Crippen molar-refractivity contribution in [3.63, 3.8) is 0 Å². The fourth-order valence-corrected chi connectivity index (χ4v) is 0. The van der Waals surface area contributed by atoms with Crippen LogP contribution >= 0.6 is 0 Å². The SMILES string of the molecule is F.F.F.[Eu]. The second-order valence-electron chi connectivity index (χ2n) is 0. The minimum absolute atomic E-state index is 0. The molecule has 0 unspecified atom stereocenters. The van der Waals surface area contributed by atoms with Crippen molar-refractivity contribution in [2.75, 3.05) is 0 Å². The first-order valence-corrected chi connectivity index (χ1v) is 0. The van der Waals surface area contributed by atoms with Gasteiger partial charge in [-0.3, -0.25) is 14.1 Å². The molecule has 31 valence electrons. The Morgan fingerprint density at radius 1 is 0.500 bits per heavy atom. The minimum Gasteiger partial charge on any atom is -0.269 e. The zero-order chi connectivity index (χ0) is 0. The van der Waals surface area contributed by atoms with Gasteiger partial charge in [0.25, 0.3) is 0 Å². The molecule has 0 rings (SSSR count). The Morgan fingerprint density at radius 3 is 0.500 bits per heavy atom. The molecule has 0 nitrogen and oxygen atoms in total. The molecule has 0 fully saturated rings. The number of hydrogen-bond acceptors (Lipinski definition) is 0. The molecule has 4 heteroatoms. The molecule has 0 bridgehead atoms. The Kier molecular flexibility index (Phi) is 359. The van der Waals surface area contributed by atoms with E-state index in [1.807, 2.05) is 0 Å². The first-order valence-electron chi connectivity index (χ1n) is 0. The summed E-state index contributed by atoms with van der Waals surface area (Å²) in [7, 11) is 0. The molecule has 0 aromatic rings. The van der Waals surface area contributed by atoms with Crippen LogP contribution in [0.4, 0.5) is 14.1 Å². The fraction of sp³-hybridized carbons (Fsp3) is 0. The Bertz CT molecular complexity index is 3.25. The van der Waals surface area contributed by atoms with E-state index in [1.54, 1.807) is 0 Å². The van der Waals surface area contributed by atoms with Gasteiger partial charge in [-0.15, -0.1) is 0 Å². The molecule has 0 saturated carbocycles. The molecule has 0 aliphatic heterocycles. The second-order valence-corrected chi connectivity index (χ2v) is 0. The topological polar surface area (TPSA) is 0 Å². The van der Waals surface area contributed by atoms with E-state index >= 15 is 0 Å². The third-order valence-corrected chi connectivity index (χ3v) is 0. The summed E-state index contributed by atoms with van der Waals surface area (Å²) in [4.78, 5) is 0. The van der Waals surface area contributed by atoms with Gasteiger partial charge in [0.05, 0.1) is 0 Å². The van der Waals surface area contributed by atoms with Gasteiger partial charge >= 0.3 is 0 Å². The molecule has 0 aliphatic carbocycles. The summed E-state index contributed by atoms with van der Waals surface area (Å²) in [6.07, 6.45) is 0. The van der Waals surface area contributed by atoms with Crippen LogP contribution in [0.5, 0.6) is 0 Å². The van der Waals surface area contributed by atoms with Crippen molar-refractivity contribution in [2.45, 2.75) is 0 Å². The van der Waals surface area contributed by atoms with E-state index in [0.29, 0.717) is 0 Å². The van der Waals surface area contributed by atoms with E-state index in [4.69, 9.17) is 0 Å². The van der Waals surface area contributed by atoms with Crippen LogP contribution in [0, 0.1) is 49.4 Å². The maximum Gasteiger partial charge on any atom is 0 e. The summed E-state index contributed by atoms with van der Waals surface area (Å²) >= 11 is 0. The molecule has 0 amide bonds. The molecule has 0 aliphatic rings. The van der Waals surface area contributed by atoms with Gasteiger partial charge in [0.1, 0.15) is 0 Å². The Hall–Kier alpha value is 1.37. The smallest absolute Gasteiger partial charge is 0 e. The van der Waals surface area contributed by atoms with Gasteiger partial charge in [-0.2, -0.15) is 0 Å². The Labute approximate surface area is 62.6 Å². The molecular weight excluding hydrogens is 209 g/mol. The van der Waals surface area contributed by atoms with E-state index in [1.165, 1.54) is 0 Å². The average Bonchev–Trinajstić information content (AvgIpc) is 0. The van der Waals surface area contributed by atoms with E-state index in [9.17, 15) is 0 Å². The predicted molar refractivity (Wildman–Crippen MR) is 7.51 cm³/mol. The Morgan fingerprint density at radius 2 is 0.500 bits per heavy atom. The van der Waals surface area contributed by atoms with Crippen LogP contribution in [0.1, 0.15) is 0 Å². The van der Waals surface area contributed by atoms with E-state index in [0.717, 1.165) is 0 Å². The van der Waals surface area contributed by atoms with Crippen molar-refractivity contribution in [3.05, 3.63) is 0 Å². The van der Waals surface area contributed by atoms with E-state index < -0.39 is 0 Å². The van der Waals surface area contributed by atoms with Crippen LogP contribution in [0.15, 0.2) is 0 Å². The third-order valence-electron chi connectivity index (χ3n) is 0. The standard InChI is InChI=1S/Eu.3FH/h;3*1H. The van der Waals surface area contributed by atoms with Crippen LogP contribution in [0.25, 0.3) is 0 Å². The van der Waals surface area contributed by atoms with Crippen LogP contribution in [0.3, 0.4) is 0 Å². The van der Waals surface area contributed by atoms with Crippen LogP contribution < -0.4 is 0 Å². The third kappa shape index (κ3) is 10.1. The first kappa shape index (κ1) is 54.4. The predicted octanol–water partition coefficient (Wildman–Crippen LogP) is 0.458. The second kappa shape index (κ2) is 26.4. The molecular formula is H3EuF3. The number of rotatable bonds is 0. The monoisotopic (exact) mass is 213 g/mol. The molecule has 0 N–H and O–H groups in total. The molecule has 0 saturated heterocycles. The maximum atomic E-state index is 0. The van der Waals surface area contributed by atoms with Crippen molar-refractivity contribution in [1.29, 1.82) is 0 Å². The molecule has 0 spiro atoms. The summed E-state index contributed by atoms with van der Waals surface area (Å²) in [5.41, 5.74) is 0. The first-order chi connectivity index (χ1) is 0. The maximum absolute atomic E-state index is 0. The minimum atomic E-state index is 0. The van der Waals surface area contributed by atoms with Gasteiger partial charge in [-0.25, -0.2) is 0 Å². The van der Waals surface area contributed by atoms with Gasteiger partial charge in [-0.05, 0) is 0 Å². The van der Waals surface area contributed by atoms with Crippen molar-refractivity contribution < 1.29 is 63.5 Å². The van der Waals surface area contributed by atoms with Gasteiger partial charge < -0.3 is 0 Å². The van der Waals surface area contributed by atoms with Crippen LogP contribution in [0.2, 0.25) is 0 Å². The molecule has 0 aromatic heterocycles. The van der Waals surface area contributed by atoms with Gasteiger partial charge in [0.15, 0.2) is 0 Å². The zero-order valence-corrected chi connectivity index (χ0v) is 4.03. The normalized spacial score (nSPS) is 0. The molecule has 4 heavy (non-hydrogen) atoms. The molecule has 0 heterocycles. The summed E-state index contributed by atoms with van der Waals surface area (Å²) in [6, 6.07) is 0. The van der Waals surface area contributed by atoms with Crippen molar-refractivity contribution >= 4 is 0 Å². The zero-order valence-electron chi connectivity index (χ0n) is 1.60. The molecule has 0 aromatic carbocycles. The quantitative estimate of drug-likeness (QED) is 0.547. The molecule has 0 atom stereocenters. The number of hydrogen-bond donors (Lipinski definition) is 0. The Balaban J connectivity index is 0. The van der Waals surface area contributed by atoms with Crippen molar-refractivity contribution in [3.8, 4) is 0 Å². The molecule has 1 radical (unpaired) electrons. The summed E-state index contributed by atoms with van der Waals surface area (Å²) < 4.78 is 0. The fourth-order valence-electron chi connectivity index (χ4n) is 0. The average molecular weight is 212 g/mol. The van der Waals surface area contributed by atoms with Gasteiger partial charge in [-0.1, -0.05) is 0 Å². The van der Waals surface area contributed by atoms with E-state index in [-0.39, 0.29) is 63.5 Å². The summed E-state index contributed by atoms with van der Waals surface area (Å²) in [5.74, 6) is 0. The largest absolute Gasteiger partial charge is 0.269 e. The van der Waals surface area contributed by atoms with Crippen LogP contribution in [-0.4, -0.2) is 0 Å².